The average molecular weight is 283 g/mol. The Labute approximate surface area is 115 Å². The zero-order valence-corrected chi connectivity index (χ0v) is 11.7. The summed E-state index contributed by atoms with van der Waals surface area (Å²) in [7, 11) is 1.78. The molecule has 0 spiro atoms. The predicted octanol–water partition coefficient (Wildman–Crippen LogP) is 0.756. The minimum absolute atomic E-state index is 0.406. The van der Waals surface area contributed by atoms with Crippen LogP contribution in [-0.2, 0) is 16.6 Å². The van der Waals surface area contributed by atoms with Crippen LogP contribution >= 0.6 is 11.8 Å². The van der Waals surface area contributed by atoms with Crippen LogP contribution in [0.15, 0.2) is 18.5 Å². The Bertz CT molecular complexity index is 471. The fourth-order valence-corrected chi connectivity index (χ4v) is 1.88. The fourth-order valence-electron chi connectivity index (χ4n) is 1.41. The van der Waals surface area contributed by atoms with Crippen LogP contribution in [0.25, 0.3) is 6.08 Å². The molecule has 0 aliphatic rings. The third-order valence-corrected chi connectivity index (χ3v) is 3.02. The lowest BCUT2D eigenvalue weighted by atomic mass is 10.2. The minimum atomic E-state index is -1.02. The summed E-state index contributed by atoms with van der Waals surface area (Å²) in [4.78, 5) is 22.6. The molecule has 1 rings (SSSR count). The van der Waals surface area contributed by atoms with E-state index in [1.54, 1.807) is 42.0 Å². The van der Waals surface area contributed by atoms with Crippen molar-refractivity contribution in [2.24, 2.45) is 7.05 Å². The second-order valence-corrected chi connectivity index (χ2v) is 4.95. The number of amides is 1. The molecule has 0 aromatic carbocycles. The number of thioether (sulfide) groups is 1. The Hall–Kier alpha value is -1.76. The van der Waals surface area contributed by atoms with Gasteiger partial charge in [0.2, 0.25) is 5.91 Å². The van der Waals surface area contributed by atoms with Gasteiger partial charge in [-0.3, -0.25) is 9.48 Å². The Morgan fingerprint density at radius 3 is 2.89 bits per heavy atom. The lowest BCUT2D eigenvalue weighted by Crippen LogP contribution is -2.40. The summed E-state index contributed by atoms with van der Waals surface area (Å²) in [6.07, 6.45) is 8.58. The molecule has 2 N–H and O–H groups in total. The molecular weight excluding hydrogens is 266 g/mol. The van der Waals surface area contributed by atoms with Crippen LogP contribution in [0.1, 0.15) is 12.0 Å². The molecule has 6 nitrogen and oxygen atoms in total. The van der Waals surface area contributed by atoms with Gasteiger partial charge >= 0.3 is 5.97 Å². The van der Waals surface area contributed by atoms with E-state index in [1.165, 1.54) is 6.08 Å². The van der Waals surface area contributed by atoms with Gasteiger partial charge in [-0.2, -0.15) is 16.9 Å². The molecular formula is C12H17N3O3S. The Kier molecular flexibility index (Phi) is 6.14. The van der Waals surface area contributed by atoms with Crippen LogP contribution in [-0.4, -0.2) is 44.8 Å². The number of carboxylic acid groups (broad SMARTS) is 1. The third-order valence-electron chi connectivity index (χ3n) is 2.38. The summed E-state index contributed by atoms with van der Waals surface area (Å²) in [6, 6.07) is -0.849. The number of carbonyl (C=O) groups is 2. The van der Waals surface area contributed by atoms with E-state index in [0.717, 1.165) is 5.56 Å². The Balaban J connectivity index is 2.52. The highest BCUT2D eigenvalue weighted by Gasteiger charge is 2.17. The summed E-state index contributed by atoms with van der Waals surface area (Å²) in [5.74, 6) is -0.752. The monoisotopic (exact) mass is 283 g/mol. The van der Waals surface area contributed by atoms with Gasteiger partial charge in [-0.25, -0.2) is 4.79 Å². The molecule has 0 radical (unpaired) electrons. The molecule has 7 heteroatoms. The number of aryl methyl sites for hydroxylation is 1. The fraction of sp³-hybridized carbons (Fsp3) is 0.417. The Morgan fingerprint density at radius 1 is 1.63 bits per heavy atom. The van der Waals surface area contributed by atoms with Crippen LogP contribution in [0.2, 0.25) is 0 Å². The predicted molar refractivity (Wildman–Crippen MR) is 74.8 cm³/mol. The molecule has 0 aliphatic carbocycles. The average Bonchev–Trinajstić information content (AvgIpc) is 2.77. The highest BCUT2D eigenvalue weighted by atomic mass is 32.2. The first kappa shape index (κ1) is 15.3. The van der Waals surface area contributed by atoms with Gasteiger partial charge in [0.1, 0.15) is 6.04 Å². The molecule has 19 heavy (non-hydrogen) atoms. The summed E-state index contributed by atoms with van der Waals surface area (Å²) < 4.78 is 1.62. The van der Waals surface area contributed by atoms with Crippen LogP contribution in [0, 0.1) is 0 Å². The first-order valence-corrected chi connectivity index (χ1v) is 7.11. The lowest BCUT2D eigenvalue weighted by Gasteiger charge is -2.12. The number of carbonyl (C=O) groups excluding carboxylic acids is 1. The van der Waals surface area contributed by atoms with Gasteiger partial charge in [0.05, 0.1) is 6.20 Å². The van der Waals surface area contributed by atoms with Gasteiger partial charge in [0.25, 0.3) is 0 Å². The van der Waals surface area contributed by atoms with Crippen LogP contribution in [0.5, 0.6) is 0 Å². The number of nitrogens with zero attached hydrogens (tertiary/aromatic N) is 2. The second-order valence-electron chi connectivity index (χ2n) is 3.96. The van der Waals surface area contributed by atoms with Crippen molar-refractivity contribution in [1.29, 1.82) is 0 Å². The molecule has 0 saturated carbocycles. The van der Waals surface area contributed by atoms with E-state index >= 15 is 0 Å². The van der Waals surface area contributed by atoms with Crippen LogP contribution in [0.4, 0.5) is 0 Å². The van der Waals surface area contributed by atoms with Gasteiger partial charge < -0.3 is 10.4 Å². The molecule has 1 aromatic heterocycles. The number of hydrogen-bond acceptors (Lipinski definition) is 4. The molecule has 1 aromatic rings. The number of hydrogen-bond donors (Lipinski definition) is 2. The SMILES string of the molecule is CSCC[C@@H](NC(=O)/C=C/c1cnn(C)c1)C(=O)O. The summed E-state index contributed by atoms with van der Waals surface area (Å²) in [5, 5.41) is 15.4. The van der Waals surface area contributed by atoms with Gasteiger partial charge in [0, 0.05) is 24.9 Å². The van der Waals surface area contributed by atoms with Gasteiger partial charge in [-0.15, -0.1) is 0 Å². The van der Waals surface area contributed by atoms with E-state index in [-0.39, 0.29) is 0 Å². The van der Waals surface area contributed by atoms with Crippen molar-refractivity contribution < 1.29 is 14.7 Å². The standard InChI is InChI=1S/C12H17N3O3S/c1-15-8-9(7-13-15)3-4-11(16)14-10(12(17)18)5-6-19-2/h3-4,7-8,10H,5-6H2,1-2H3,(H,14,16)(H,17,18)/b4-3+/t10-/m1/s1. The van der Waals surface area contributed by atoms with Crippen molar-refractivity contribution in [3.8, 4) is 0 Å². The first-order valence-electron chi connectivity index (χ1n) is 5.72. The number of nitrogens with one attached hydrogen (secondary N) is 1. The van der Waals surface area contributed by atoms with E-state index in [2.05, 4.69) is 10.4 Å². The topological polar surface area (TPSA) is 84.2 Å². The van der Waals surface area contributed by atoms with Crippen molar-refractivity contribution in [2.45, 2.75) is 12.5 Å². The molecule has 1 amide bonds. The van der Waals surface area contributed by atoms with Crippen LogP contribution < -0.4 is 5.32 Å². The highest BCUT2D eigenvalue weighted by Crippen LogP contribution is 2.02. The van der Waals surface area contributed by atoms with E-state index < -0.39 is 17.9 Å². The molecule has 0 saturated heterocycles. The maximum atomic E-state index is 11.6. The van der Waals surface area contributed by atoms with Crippen molar-refractivity contribution in [3.05, 3.63) is 24.0 Å². The van der Waals surface area contributed by atoms with Gasteiger partial charge in [-0.05, 0) is 24.5 Å². The molecule has 0 aliphatic heterocycles. The van der Waals surface area contributed by atoms with Crippen molar-refractivity contribution in [3.63, 3.8) is 0 Å². The minimum Gasteiger partial charge on any atom is -0.480 e. The van der Waals surface area contributed by atoms with Gasteiger partial charge in [0.15, 0.2) is 0 Å². The van der Waals surface area contributed by atoms with E-state index in [4.69, 9.17) is 5.11 Å². The zero-order valence-electron chi connectivity index (χ0n) is 10.9. The maximum absolute atomic E-state index is 11.6. The summed E-state index contributed by atoms with van der Waals surface area (Å²) >= 11 is 1.54. The number of aliphatic carboxylic acids is 1. The van der Waals surface area contributed by atoms with E-state index in [1.807, 2.05) is 6.26 Å². The first-order chi connectivity index (χ1) is 9.02. The molecule has 0 fully saturated rings. The number of rotatable bonds is 7. The molecule has 1 heterocycles. The van der Waals surface area contributed by atoms with Gasteiger partial charge in [-0.1, -0.05) is 0 Å². The highest BCUT2D eigenvalue weighted by molar-refractivity contribution is 7.98. The van der Waals surface area contributed by atoms with Crippen molar-refractivity contribution in [2.75, 3.05) is 12.0 Å². The van der Waals surface area contributed by atoms with Crippen molar-refractivity contribution >= 4 is 29.7 Å². The third kappa shape index (κ3) is 5.60. The Morgan fingerprint density at radius 2 is 2.37 bits per heavy atom. The smallest absolute Gasteiger partial charge is 0.326 e. The lowest BCUT2D eigenvalue weighted by molar-refractivity contribution is -0.141. The zero-order chi connectivity index (χ0) is 14.3. The van der Waals surface area contributed by atoms with Crippen molar-refractivity contribution in [1.82, 2.24) is 15.1 Å². The number of carboxylic acids is 1. The normalized spacial score (nSPS) is 12.5. The van der Waals surface area contributed by atoms with Crippen LogP contribution in [0.3, 0.4) is 0 Å². The molecule has 104 valence electrons. The largest absolute Gasteiger partial charge is 0.480 e. The quantitative estimate of drug-likeness (QED) is 0.722. The summed E-state index contributed by atoms with van der Waals surface area (Å²) in [5.41, 5.74) is 0.786. The molecule has 0 unspecified atom stereocenters. The second kappa shape index (κ2) is 7.63. The summed E-state index contributed by atoms with van der Waals surface area (Å²) in [6.45, 7) is 0. The van der Waals surface area contributed by atoms with E-state index in [0.29, 0.717) is 12.2 Å². The maximum Gasteiger partial charge on any atom is 0.326 e. The molecule has 0 bridgehead atoms. The molecule has 1 atom stereocenters. The number of aromatic nitrogens is 2. The van der Waals surface area contributed by atoms with E-state index in [9.17, 15) is 9.59 Å².